The maximum atomic E-state index is 11.7. The number of nitrogens with zero attached hydrogens (tertiary/aromatic N) is 1. The number of hydrogen-bond acceptors (Lipinski definition) is 5. The Hall–Kier alpha value is -2.60. The predicted molar refractivity (Wildman–Crippen MR) is 85.5 cm³/mol. The first-order valence-electron chi connectivity index (χ1n) is 6.77. The van der Waals surface area contributed by atoms with Crippen LogP contribution in [0.4, 0.5) is 5.69 Å². The Bertz CT molecular complexity index is 689. The van der Waals surface area contributed by atoms with E-state index < -0.39 is 11.9 Å². The second kappa shape index (κ2) is 8.14. The molecule has 0 saturated carbocycles. The number of hydrogen-bond donors (Lipinski definition) is 1. The lowest BCUT2D eigenvalue weighted by atomic mass is 10.1. The standard InChI is InChI=1S/C16H15ClN2O4/c1-22-12-6-4-11(5-7-12)9-15(21)23-10-14(20)19-13-3-2-8-18-16(13)17/h2-8H,9-10H2,1H3,(H,19,20). The molecule has 23 heavy (non-hydrogen) atoms. The molecule has 0 spiro atoms. The van der Waals surface area contributed by atoms with E-state index in [1.165, 1.54) is 6.20 Å². The van der Waals surface area contributed by atoms with Crippen LogP contribution in [0.2, 0.25) is 5.15 Å². The lowest BCUT2D eigenvalue weighted by Crippen LogP contribution is -2.21. The average molecular weight is 335 g/mol. The van der Waals surface area contributed by atoms with Crippen LogP contribution in [0.25, 0.3) is 0 Å². The molecule has 0 unspecified atom stereocenters. The molecule has 0 aliphatic rings. The summed E-state index contributed by atoms with van der Waals surface area (Å²) in [6.07, 6.45) is 1.58. The van der Waals surface area contributed by atoms with Crippen LogP contribution >= 0.6 is 11.6 Å². The number of benzene rings is 1. The van der Waals surface area contributed by atoms with Crippen LogP contribution < -0.4 is 10.1 Å². The number of amides is 1. The number of halogens is 1. The summed E-state index contributed by atoms with van der Waals surface area (Å²) in [7, 11) is 1.57. The first kappa shape index (κ1) is 16.8. The second-order valence-electron chi connectivity index (χ2n) is 4.58. The van der Waals surface area contributed by atoms with Gasteiger partial charge in [-0.3, -0.25) is 9.59 Å². The van der Waals surface area contributed by atoms with Gasteiger partial charge in [0.1, 0.15) is 5.75 Å². The zero-order valence-corrected chi connectivity index (χ0v) is 13.2. The highest BCUT2D eigenvalue weighted by Gasteiger charge is 2.10. The van der Waals surface area contributed by atoms with Crippen molar-refractivity contribution in [1.29, 1.82) is 0 Å². The second-order valence-corrected chi connectivity index (χ2v) is 4.93. The summed E-state index contributed by atoms with van der Waals surface area (Å²) in [4.78, 5) is 27.3. The van der Waals surface area contributed by atoms with Gasteiger partial charge in [0, 0.05) is 6.20 Å². The average Bonchev–Trinajstić information content (AvgIpc) is 2.56. The van der Waals surface area contributed by atoms with Gasteiger partial charge in [-0.05, 0) is 29.8 Å². The maximum Gasteiger partial charge on any atom is 0.310 e. The van der Waals surface area contributed by atoms with Crippen molar-refractivity contribution in [2.24, 2.45) is 0 Å². The molecule has 0 aliphatic carbocycles. The summed E-state index contributed by atoms with van der Waals surface area (Å²) < 4.78 is 9.97. The minimum absolute atomic E-state index is 0.0743. The van der Waals surface area contributed by atoms with Crippen molar-refractivity contribution in [3.63, 3.8) is 0 Å². The minimum Gasteiger partial charge on any atom is -0.497 e. The fourth-order valence-corrected chi connectivity index (χ4v) is 1.94. The van der Waals surface area contributed by atoms with E-state index in [0.29, 0.717) is 11.4 Å². The van der Waals surface area contributed by atoms with Gasteiger partial charge in [-0.15, -0.1) is 0 Å². The molecule has 120 valence electrons. The van der Waals surface area contributed by atoms with Crippen LogP contribution in [0.15, 0.2) is 42.6 Å². The number of methoxy groups -OCH3 is 1. The van der Waals surface area contributed by atoms with Crippen molar-refractivity contribution in [2.75, 3.05) is 19.0 Å². The Labute approximate surface area is 138 Å². The summed E-state index contributed by atoms with van der Waals surface area (Å²) in [5.41, 5.74) is 1.14. The smallest absolute Gasteiger partial charge is 0.310 e. The predicted octanol–water partition coefficient (Wildman–Crippen LogP) is 2.47. The topological polar surface area (TPSA) is 77.5 Å². The Morgan fingerprint density at radius 2 is 1.96 bits per heavy atom. The molecule has 7 heteroatoms. The number of rotatable bonds is 6. The van der Waals surface area contributed by atoms with Gasteiger partial charge < -0.3 is 14.8 Å². The first-order chi connectivity index (χ1) is 11.1. The number of nitrogens with one attached hydrogen (secondary N) is 1. The molecular weight excluding hydrogens is 320 g/mol. The van der Waals surface area contributed by atoms with E-state index in [-0.39, 0.29) is 18.2 Å². The highest BCUT2D eigenvalue weighted by molar-refractivity contribution is 6.32. The van der Waals surface area contributed by atoms with Crippen LogP contribution in [0, 0.1) is 0 Å². The van der Waals surface area contributed by atoms with E-state index in [0.717, 1.165) is 5.56 Å². The van der Waals surface area contributed by atoms with Gasteiger partial charge >= 0.3 is 5.97 Å². The number of carbonyl (C=O) groups is 2. The van der Waals surface area contributed by atoms with E-state index in [2.05, 4.69) is 10.3 Å². The van der Waals surface area contributed by atoms with E-state index in [9.17, 15) is 9.59 Å². The molecule has 0 radical (unpaired) electrons. The lowest BCUT2D eigenvalue weighted by Gasteiger charge is -2.07. The summed E-state index contributed by atoms with van der Waals surface area (Å²) in [6, 6.07) is 10.3. The van der Waals surface area contributed by atoms with Gasteiger partial charge in [0.15, 0.2) is 11.8 Å². The van der Waals surface area contributed by atoms with Gasteiger partial charge in [-0.1, -0.05) is 23.7 Å². The fourth-order valence-electron chi connectivity index (χ4n) is 1.77. The normalized spacial score (nSPS) is 10.0. The molecule has 2 rings (SSSR count). The van der Waals surface area contributed by atoms with Crippen molar-refractivity contribution in [2.45, 2.75) is 6.42 Å². The molecule has 1 aromatic heterocycles. The maximum absolute atomic E-state index is 11.7. The lowest BCUT2D eigenvalue weighted by molar-refractivity contribution is -0.146. The zero-order chi connectivity index (χ0) is 16.7. The van der Waals surface area contributed by atoms with Crippen molar-refractivity contribution >= 4 is 29.2 Å². The summed E-state index contributed by atoms with van der Waals surface area (Å²) in [6.45, 7) is -0.389. The third kappa shape index (κ3) is 5.27. The molecule has 0 bridgehead atoms. The zero-order valence-electron chi connectivity index (χ0n) is 12.4. The van der Waals surface area contributed by atoms with Crippen LogP contribution in [-0.4, -0.2) is 30.6 Å². The molecular formula is C16H15ClN2O4. The largest absolute Gasteiger partial charge is 0.497 e. The van der Waals surface area contributed by atoms with Crippen molar-refractivity contribution in [3.05, 3.63) is 53.3 Å². The van der Waals surface area contributed by atoms with Gasteiger partial charge in [0.25, 0.3) is 5.91 Å². The van der Waals surface area contributed by atoms with Crippen molar-refractivity contribution in [1.82, 2.24) is 4.98 Å². The van der Waals surface area contributed by atoms with E-state index >= 15 is 0 Å². The highest BCUT2D eigenvalue weighted by Crippen LogP contribution is 2.17. The monoisotopic (exact) mass is 334 g/mol. The quantitative estimate of drug-likeness (QED) is 0.648. The minimum atomic E-state index is -0.498. The summed E-state index contributed by atoms with van der Waals surface area (Å²) in [5.74, 6) is -0.277. The number of carbonyl (C=O) groups excluding carboxylic acids is 2. The number of ether oxygens (including phenoxy) is 2. The highest BCUT2D eigenvalue weighted by atomic mass is 35.5. The molecule has 2 aromatic rings. The SMILES string of the molecule is COc1ccc(CC(=O)OCC(=O)Nc2cccnc2Cl)cc1. The van der Waals surface area contributed by atoms with Crippen LogP contribution in [-0.2, 0) is 20.7 Å². The third-order valence-corrected chi connectivity index (χ3v) is 3.21. The van der Waals surface area contributed by atoms with Gasteiger partial charge in [-0.2, -0.15) is 0 Å². The number of aromatic nitrogens is 1. The van der Waals surface area contributed by atoms with Gasteiger partial charge in [0.05, 0.1) is 19.2 Å². The van der Waals surface area contributed by atoms with E-state index in [4.69, 9.17) is 21.1 Å². The molecule has 1 N–H and O–H groups in total. The first-order valence-corrected chi connectivity index (χ1v) is 7.15. The fraction of sp³-hybridized carbons (Fsp3) is 0.188. The Kier molecular flexibility index (Phi) is 5.94. The molecule has 6 nitrogen and oxygen atoms in total. The van der Waals surface area contributed by atoms with Crippen LogP contribution in [0.3, 0.4) is 0 Å². The number of pyridine rings is 1. The van der Waals surface area contributed by atoms with E-state index in [1.807, 2.05) is 0 Å². The summed E-state index contributed by atoms with van der Waals surface area (Å²) in [5, 5.41) is 2.69. The number of esters is 1. The Balaban J connectivity index is 1.79. The van der Waals surface area contributed by atoms with Crippen LogP contribution in [0.1, 0.15) is 5.56 Å². The van der Waals surface area contributed by atoms with E-state index in [1.54, 1.807) is 43.5 Å². The molecule has 0 fully saturated rings. The Morgan fingerprint density at radius 3 is 2.61 bits per heavy atom. The van der Waals surface area contributed by atoms with Crippen molar-refractivity contribution in [3.8, 4) is 5.75 Å². The Morgan fingerprint density at radius 1 is 1.22 bits per heavy atom. The molecule has 1 heterocycles. The molecule has 0 atom stereocenters. The molecule has 0 aliphatic heterocycles. The number of anilines is 1. The summed E-state index contributed by atoms with van der Waals surface area (Å²) >= 11 is 5.82. The van der Waals surface area contributed by atoms with Crippen molar-refractivity contribution < 1.29 is 19.1 Å². The molecule has 0 saturated heterocycles. The molecule has 1 amide bonds. The molecule has 1 aromatic carbocycles. The third-order valence-electron chi connectivity index (χ3n) is 2.90. The van der Waals surface area contributed by atoms with Crippen LogP contribution in [0.5, 0.6) is 5.75 Å². The van der Waals surface area contributed by atoms with Gasteiger partial charge in [0.2, 0.25) is 0 Å². The van der Waals surface area contributed by atoms with Gasteiger partial charge in [-0.25, -0.2) is 4.98 Å².